The van der Waals surface area contributed by atoms with Crippen molar-refractivity contribution in [3.8, 4) is 0 Å². The molecule has 1 aromatic heterocycles. The first kappa shape index (κ1) is 13.3. The fraction of sp³-hybridized carbons (Fsp3) is 0.714. The molecular weight excluding hydrogens is 224 g/mol. The van der Waals surface area contributed by atoms with Crippen LogP contribution >= 0.6 is 0 Å². The van der Waals surface area contributed by atoms with Crippen molar-refractivity contribution in [3.05, 3.63) is 17.8 Å². The Morgan fingerprint density at radius 2 is 1.94 bits per heavy atom. The first-order valence-electron chi connectivity index (χ1n) is 6.89. The van der Waals surface area contributed by atoms with Gasteiger partial charge in [0.1, 0.15) is 0 Å². The van der Waals surface area contributed by atoms with Crippen molar-refractivity contribution in [1.29, 1.82) is 0 Å². The molecule has 4 heteroatoms. The molecule has 1 aliphatic rings. The lowest BCUT2D eigenvalue weighted by molar-refractivity contribution is 0.279. The molecule has 18 heavy (non-hydrogen) atoms. The van der Waals surface area contributed by atoms with Crippen molar-refractivity contribution in [2.24, 2.45) is 5.41 Å². The second kappa shape index (κ2) is 5.65. The summed E-state index contributed by atoms with van der Waals surface area (Å²) in [6.07, 6.45) is 2.46. The summed E-state index contributed by atoms with van der Waals surface area (Å²) in [5.74, 6) is 1.02. The molecular formula is C14H24N4. The van der Waals surface area contributed by atoms with Crippen LogP contribution in [0.15, 0.2) is 12.1 Å². The number of nitrogens with zero attached hydrogens (tertiary/aromatic N) is 3. The van der Waals surface area contributed by atoms with Crippen LogP contribution in [0.4, 0.5) is 5.82 Å². The molecule has 0 atom stereocenters. The maximum absolute atomic E-state index is 4.34. The third-order valence-electron chi connectivity index (χ3n) is 3.70. The molecule has 2 heterocycles. The number of aromatic nitrogens is 2. The summed E-state index contributed by atoms with van der Waals surface area (Å²) in [5, 5.41) is 11.9. The number of rotatable bonds is 4. The van der Waals surface area contributed by atoms with Crippen LogP contribution in [0.25, 0.3) is 0 Å². The van der Waals surface area contributed by atoms with Gasteiger partial charge in [0.05, 0.1) is 5.69 Å². The van der Waals surface area contributed by atoms with Crippen LogP contribution < -0.4 is 10.2 Å². The molecule has 0 bridgehead atoms. The predicted molar refractivity (Wildman–Crippen MR) is 74.6 cm³/mol. The summed E-state index contributed by atoms with van der Waals surface area (Å²) in [4.78, 5) is 2.34. The van der Waals surface area contributed by atoms with Crippen LogP contribution in [0.3, 0.4) is 0 Å². The second-order valence-electron chi connectivity index (χ2n) is 5.81. The van der Waals surface area contributed by atoms with E-state index in [2.05, 4.69) is 53.3 Å². The zero-order chi connectivity index (χ0) is 13.0. The normalized spacial score (nSPS) is 18.9. The maximum Gasteiger partial charge on any atom is 0.151 e. The van der Waals surface area contributed by atoms with Crippen molar-refractivity contribution in [1.82, 2.24) is 15.5 Å². The molecule has 0 aliphatic carbocycles. The van der Waals surface area contributed by atoms with E-state index in [9.17, 15) is 0 Å². The molecule has 2 rings (SSSR count). The van der Waals surface area contributed by atoms with Gasteiger partial charge in [-0.1, -0.05) is 20.8 Å². The van der Waals surface area contributed by atoms with Crippen molar-refractivity contribution < 1.29 is 0 Å². The fourth-order valence-corrected chi connectivity index (χ4v) is 2.21. The Bertz CT molecular complexity index is 362. The van der Waals surface area contributed by atoms with Crippen LogP contribution in [-0.4, -0.2) is 29.8 Å². The monoisotopic (exact) mass is 248 g/mol. The maximum atomic E-state index is 4.34. The Kier molecular flexibility index (Phi) is 4.17. The third kappa shape index (κ3) is 3.42. The molecule has 4 nitrogen and oxygen atoms in total. The van der Waals surface area contributed by atoms with E-state index in [4.69, 9.17) is 0 Å². The molecule has 0 unspecified atom stereocenters. The minimum atomic E-state index is 0.481. The number of hydrogen-bond acceptors (Lipinski definition) is 4. The predicted octanol–water partition coefficient (Wildman–Crippen LogP) is 2.21. The third-order valence-corrected chi connectivity index (χ3v) is 3.70. The van der Waals surface area contributed by atoms with Gasteiger partial charge >= 0.3 is 0 Å². The van der Waals surface area contributed by atoms with Gasteiger partial charge in [0, 0.05) is 19.6 Å². The van der Waals surface area contributed by atoms with Crippen molar-refractivity contribution in [2.75, 3.05) is 24.5 Å². The standard InChI is InChI=1S/C14H24N4/c1-4-15-11-12-5-6-13(17-16-12)18-9-7-14(2,3)8-10-18/h5-6,15H,4,7-11H2,1-3H3. The van der Waals surface area contributed by atoms with Gasteiger partial charge in [0.25, 0.3) is 0 Å². The van der Waals surface area contributed by atoms with Crippen molar-refractivity contribution >= 4 is 5.82 Å². The summed E-state index contributed by atoms with van der Waals surface area (Å²) in [5.41, 5.74) is 1.49. The Balaban J connectivity index is 1.94. The van der Waals surface area contributed by atoms with Gasteiger partial charge in [-0.05, 0) is 36.9 Å². The average molecular weight is 248 g/mol. The summed E-state index contributed by atoms with van der Waals surface area (Å²) in [6, 6.07) is 4.17. The highest BCUT2D eigenvalue weighted by atomic mass is 15.3. The van der Waals surface area contributed by atoms with E-state index in [1.54, 1.807) is 0 Å². The molecule has 1 saturated heterocycles. The molecule has 100 valence electrons. The highest BCUT2D eigenvalue weighted by Crippen LogP contribution is 2.31. The molecule has 0 saturated carbocycles. The Morgan fingerprint density at radius 3 is 2.50 bits per heavy atom. The van der Waals surface area contributed by atoms with Crippen LogP contribution in [-0.2, 0) is 6.54 Å². The number of hydrogen-bond donors (Lipinski definition) is 1. The zero-order valence-electron chi connectivity index (χ0n) is 11.7. The lowest BCUT2D eigenvalue weighted by Crippen LogP contribution is -2.37. The molecule has 0 aromatic carbocycles. The highest BCUT2D eigenvalue weighted by Gasteiger charge is 2.25. The number of anilines is 1. The smallest absolute Gasteiger partial charge is 0.151 e. The van der Waals surface area contributed by atoms with Crippen LogP contribution in [0, 0.1) is 5.41 Å². The summed E-state index contributed by atoms with van der Waals surface area (Å²) < 4.78 is 0. The van der Waals surface area contributed by atoms with E-state index in [0.717, 1.165) is 37.7 Å². The van der Waals surface area contributed by atoms with Crippen molar-refractivity contribution in [2.45, 2.75) is 40.2 Å². The van der Waals surface area contributed by atoms with E-state index < -0.39 is 0 Å². The highest BCUT2D eigenvalue weighted by molar-refractivity contribution is 5.37. The molecule has 0 spiro atoms. The van der Waals surface area contributed by atoms with Gasteiger partial charge in [-0.15, -0.1) is 5.10 Å². The van der Waals surface area contributed by atoms with Gasteiger partial charge < -0.3 is 10.2 Å². The fourth-order valence-electron chi connectivity index (χ4n) is 2.21. The van der Waals surface area contributed by atoms with Gasteiger partial charge in [0.15, 0.2) is 5.82 Å². The SMILES string of the molecule is CCNCc1ccc(N2CCC(C)(C)CC2)nn1. The first-order chi connectivity index (χ1) is 8.61. The molecule has 1 fully saturated rings. The minimum absolute atomic E-state index is 0.481. The van der Waals surface area contributed by atoms with Gasteiger partial charge in [-0.2, -0.15) is 5.10 Å². The number of piperidine rings is 1. The van der Waals surface area contributed by atoms with Crippen LogP contribution in [0.1, 0.15) is 39.3 Å². The second-order valence-corrected chi connectivity index (χ2v) is 5.81. The van der Waals surface area contributed by atoms with Gasteiger partial charge in [-0.25, -0.2) is 0 Å². The topological polar surface area (TPSA) is 41.0 Å². The summed E-state index contributed by atoms with van der Waals surface area (Å²) in [7, 11) is 0. The van der Waals surface area contributed by atoms with E-state index in [-0.39, 0.29) is 0 Å². The lowest BCUT2D eigenvalue weighted by Gasteiger charge is -2.37. The zero-order valence-corrected chi connectivity index (χ0v) is 11.7. The van der Waals surface area contributed by atoms with Crippen molar-refractivity contribution in [3.63, 3.8) is 0 Å². The van der Waals surface area contributed by atoms with E-state index >= 15 is 0 Å². The van der Waals surface area contributed by atoms with E-state index in [0.29, 0.717) is 5.41 Å². The Hall–Kier alpha value is -1.16. The summed E-state index contributed by atoms with van der Waals surface area (Å²) in [6.45, 7) is 10.7. The minimum Gasteiger partial charge on any atom is -0.355 e. The Morgan fingerprint density at radius 1 is 1.22 bits per heavy atom. The molecule has 1 aliphatic heterocycles. The summed E-state index contributed by atoms with van der Waals surface area (Å²) >= 11 is 0. The molecule has 1 aromatic rings. The lowest BCUT2D eigenvalue weighted by atomic mass is 9.83. The molecule has 1 N–H and O–H groups in total. The van der Waals surface area contributed by atoms with E-state index in [1.807, 2.05) is 0 Å². The van der Waals surface area contributed by atoms with E-state index in [1.165, 1.54) is 12.8 Å². The van der Waals surface area contributed by atoms with Gasteiger partial charge in [0.2, 0.25) is 0 Å². The van der Waals surface area contributed by atoms with Gasteiger partial charge in [-0.3, -0.25) is 0 Å². The molecule has 0 radical (unpaired) electrons. The largest absolute Gasteiger partial charge is 0.355 e. The molecule has 0 amide bonds. The quantitative estimate of drug-likeness (QED) is 0.887. The number of nitrogens with one attached hydrogen (secondary N) is 1. The average Bonchev–Trinajstić information content (AvgIpc) is 2.37. The first-order valence-corrected chi connectivity index (χ1v) is 6.89. The van der Waals surface area contributed by atoms with Crippen LogP contribution in [0.2, 0.25) is 0 Å². The Labute approximate surface area is 110 Å². The van der Waals surface area contributed by atoms with Crippen LogP contribution in [0.5, 0.6) is 0 Å².